The van der Waals surface area contributed by atoms with Gasteiger partial charge in [0.2, 0.25) is 5.91 Å². The molecular formula is C14H16ClNO3. The van der Waals surface area contributed by atoms with E-state index < -0.39 is 5.97 Å². The van der Waals surface area contributed by atoms with Crippen molar-refractivity contribution in [2.45, 2.75) is 12.8 Å². The van der Waals surface area contributed by atoms with Crippen LogP contribution in [0.3, 0.4) is 0 Å². The monoisotopic (exact) mass is 281 g/mol. The van der Waals surface area contributed by atoms with E-state index in [0.717, 1.165) is 5.56 Å². The Morgan fingerprint density at radius 1 is 1.32 bits per heavy atom. The highest BCUT2D eigenvalue weighted by molar-refractivity contribution is 6.30. The molecular weight excluding hydrogens is 266 g/mol. The third-order valence-electron chi connectivity index (χ3n) is 2.43. The van der Waals surface area contributed by atoms with Gasteiger partial charge in [0.25, 0.3) is 0 Å². The van der Waals surface area contributed by atoms with Gasteiger partial charge < -0.3 is 10.1 Å². The minimum atomic E-state index is -0.435. The fourth-order valence-electron chi connectivity index (χ4n) is 1.39. The van der Waals surface area contributed by atoms with Gasteiger partial charge in [-0.1, -0.05) is 29.8 Å². The van der Waals surface area contributed by atoms with Crippen molar-refractivity contribution >= 4 is 23.5 Å². The van der Waals surface area contributed by atoms with E-state index in [-0.39, 0.29) is 5.91 Å². The van der Waals surface area contributed by atoms with Crippen molar-refractivity contribution < 1.29 is 14.3 Å². The Balaban J connectivity index is 2.23. The molecule has 0 radical (unpaired) electrons. The third-order valence-corrected chi connectivity index (χ3v) is 2.68. The summed E-state index contributed by atoms with van der Waals surface area (Å²) >= 11 is 5.77. The second kappa shape index (κ2) is 8.32. The largest absolute Gasteiger partial charge is 0.466 e. The lowest BCUT2D eigenvalue weighted by atomic mass is 10.1. The molecule has 0 saturated heterocycles. The van der Waals surface area contributed by atoms with E-state index in [1.54, 1.807) is 18.2 Å². The summed E-state index contributed by atoms with van der Waals surface area (Å²) in [6.07, 6.45) is 3.88. The van der Waals surface area contributed by atoms with Crippen molar-refractivity contribution in [3.05, 3.63) is 47.0 Å². The Labute approximate surface area is 117 Å². The Kier molecular flexibility index (Phi) is 6.68. The molecule has 1 rings (SSSR count). The molecule has 19 heavy (non-hydrogen) atoms. The minimum absolute atomic E-state index is 0.0653. The van der Waals surface area contributed by atoms with Crippen LogP contribution in [0, 0.1) is 0 Å². The summed E-state index contributed by atoms with van der Waals surface area (Å²) in [4.78, 5) is 22.3. The van der Waals surface area contributed by atoms with Crippen LogP contribution in [0.25, 0.3) is 0 Å². The van der Waals surface area contributed by atoms with E-state index >= 15 is 0 Å². The highest BCUT2D eigenvalue weighted by Gasteiger charge is 2.01. The molecule has 0 heterocycles. The lowest BCUT2D eigenvalue weighted by molar-refractivity contribution is -0.134. The van der Waals surface area contributed by atoms with E-state index in [0.29, 0.717) is 24.4 Å². The highest BCUT2D eigenvalue weighted by Crippen LogP contribution is 2.10. The number of ether oxygens (including phenoxy) is 1. The van der Waals surface area contributed by atoms with Crippen molar-refractivity contribution in [1.82, 2.24) is 5.32 Å². The van der Waals surface area contributed by atoms with Crippen LogP contribution in [0.2, 0.25) is 5.02 Å². The fourth-order valence-corrected chi connectivity index (χ4v) is 1.52. The first-order valence-electron chi connectivity index (χ1n) is 5.87. The average Bonchev–Trinajstić information content (AvgIpc) is 2.42. The van der Waals surface area contributed by atoms with Crippen LogP contribution in [0.15, 0.2) is 36.4 Å². The molecule has 1 aromatic rings. The number of esters is 1. The number of hydrogen-bond donors (Lipinski definition) is 1. The molecule has 0 fully saturated rings. The van der Waals surface area contributed by atoms with Gasteiger partial charge in [-0.3, -0.25) is 4.79 Å². The number of carbonyl (C=O) groups is 2. The van der Waals surface area contributed by atoms with Crippen LogP contribution in [0.5, 0.6) is 0 Å². The van der Waals surface area contributed by atoms with Crippen LogP contribution in [-0.2, 0) is 20.7 Å². The first kappa shape index (κ1) is 15.2. The number of benzene rings is 1. The quantitative estimate of drug-likeness (QED) is 0.642. The summed E-state index contributed by atoms with van der Waals surface area (Å²) < 4.78 is 4.42. The van der Waals surface area contributed by atoms with Crippen molar-refractivity contribution in [3.8, 4) is 0 Å². The molecule has 0 spiro atoms. The number of carbonyl (C=O) groups excluding carboxylic acids is 2. The molecule has 0 aliphatic heterocycles. The molecule has 0 saturated carbocycles. The van der Waals surface area contributed by atoms with Gasteiger partial charge in [-0.25, -0.2) is 4.79 Å². The number of halogens is 1. The molecule has 1 N–H and O–H groups in total. The molecule has 0 bridgehead atoms. The molecule has 1 amide bonds. The molecule has 0 unspecified atom stereocenters. The number of methoxy groups -OCH3 is 1. The topological polar surface area (TPSA) is 55.4 Å². The maximum Gasteiger partial charge on any atom is 0.330 e. The van der Waals surface area contributed by atoms with Gasteiger partial charge in [-0.15, -0.1) is 0 Å². The van der Waals surface area contributed by atoms with Crippen LogP contribution in [0.1, 0.15) is 12.0 Å². The lowest BCUT2D eigenvalue weighted by Gasteiger charge is -2.03. The summed E-state index contributed by atoms with van der Waals surface area (Å²) in [7, 11) is 1.30. The van der Waals surface area contributed by atoms with Crippen LogP contribution < -0.4 is 5.32 Å². The zero-order chi connectivity index (χ0) is 14.1. The molecule has 0 atom stereocenters. The SMILES string of the molecule is COC(=O)/C=C/CNC(=O)CCc1ccc(Cl)cc1. The van der Waals surface area contributed by atoms with Gasteiger partial charge >= 0.3 is 5.97 Å². The zero-order valence-corrected chi connectivity index (χ0v) is 11.4. The Hall–Kier alpha value is -1.81. The van der Waals surface area contributed by atoms with E-state index in [1.165, 1.54) is 13.2 Å². The molecule has 0 aliphatic carbocycles. The average molecular weight is 282 g/mol. The van der Waals surface area contributed by atoms with Gasteiger partial charge in [0.05, 0.1) is 7.11 Å². The Morgan fingerprint density at radius 2 is 2.00 bits per heavy atom. The maximum atomic E-state index is 11.5. The molecule has 0 aromatic heterocycles. The molecule has 102 valence electrons. The standard InChI is InChI=1S/C14H16ClNO3/c1-19-14(18)3-2-10-16-13(17)9-6-11-4-7-12(15)8-5-11/h2-5,7-8H,6,9-10H2,1H3,(H,16,17)/b3-2+. The first-order chi connectivity index (χ1) is 9.11. The van der Waals surface area contributed by atoms with Crippen molar-refractivity contribution in [2.75, 3.05) is 13.7 Å². The normalized spacial score (nSPS) is 10.4. The smallest absolute Gasteiger partial charge is 0.330 e. The van der Waals surface area contributed by atoms with E-state index in [9.17, 15) is 9.59 Å². The molecule has 5 heteroatoms. The first-order valence-corrected chi connectivity index (χ1v) is 6.25. The fraction of sp³-hybridized carbons (Fsp3) is 0.286. The van der Waals surface area contributed by atoms with Gasteiger partial charge in [-0.2, -0.15) is 0 Å². The highest BCUT2D eigenvalue weighted by atomic mass is 35.5. The van der Waals surface area contributed by atoms with Crippen LogP contribution in [-0.4, -0.2) is 25.5 Å². The van der Waals surface area contributed by atoms with E-state index in [2.05, 4.69) is 10.1 Å². The Bertz CT molecular complexity index is 454. The second-order valence-corrected chi connectivity index (χ2v) is 4.29. The van der Waals surface area contributed by atoms with E-state index in [1.807, 2.05) is 12.1 Å². The second-order valence-electron chi connectivity index (χ2n) is 3.86. The summed E-state index contributed by atoms with van der Waals surface area (Å²) in [5, 5.41) is 3.37. The Morgan fingerprint density at radius 3 is 2.63 bits per heavy atom. The van der Waals surface area contributed by atoms with Gasteiger partial charge in [0.15, 0.2) is 0 Å². The van der Waals surface area contributed by atoms with Crippen molar-refractivity contribution in [2.24, 2.45) is 0 Å². The van der Waals surface area contributed by atoms with Crippen LogP contribution in [0.4, 0.5) is 0 Å². The summed E-state index contributed by atoms with van der Waals surface area (Å²) in [6, 6.07) is 7.39. The van der Waals surface area contributed by atoms with Crippen molar-refractivity contribution in [1.29, 1.82) is 0 Å². The lowest BCUT2D eigenvalue weighted by Crippen LogP contribution is -2.23. The van der Waals surface area contributed by atoms with Gasteiger partial charge in [0.1, 0.15) is 0 Å². The zero-order valence-electron chi connectivity index (χ0n) is 10.7. The van der Waals surface area contributed by atoms with Gasteiger partial charge in [-0.05, 0) is 24.1 Å². The minimum Gasteiger partial charge on any atom is -0.466 e. The predicted octanol–water partition coefficient (Wildman–Crippen LogP) is 2.12. The van der Waals surface area contributed by atoms with Crippen LogP contribution >= 0.6 is 11.6 Å². The van der Waals surface area contributed by atoms with E-state index in [4.69, 9.17) is 11.6 Å². The molecule has 0 aliphatic rings. The number of hydrogen-bond acceptors (Lipinski definition) is 3. The maximum absolute atomic E-state index is 11.5. The summed E-state index contributed by atoms with van der Waals surface area (Å²) in [6.45, 7) is 0.314. The number of rotatable bonds is 6. The summed E-state index contributed by atoms with van der Waals surface area (Å²) in [5.74, 6) is -0.500. The number of nitrogens with one attached hydrogen (secondary N) is 1. The summed E-state index contributed by atoms with van der Waals surface area (Å²) in [5.41, 5.74) is 1.06. The third kappa shape index (κ3) is 6.62. The van der Waals surface area contributed by atoms with Gasteiger partial charge in [0, 0.05) is 24.1 Å². The molecule has 4 nitrogen and oxygen atoms in total. The predicted molar refractivity (Wildman–Crippen MR) is 73.9 cm³/mol. The number of aryl methyl sites for hydroxylation is 1. The van der Waals surface area contributed by atoms with Crippen molar-refractivity contribution in [3.63, 3.8) is 0 Å². The number of amides is 1. The molecule has 1 aromatic carbocycles.